The van der Waals surface area contributed by atoms with E-state index in [1.165, 1.54) is 12.1 Å². The van der Waals surface area contributed by atoms with Gasteiger partial charge in [0.25, 0.3) is 5.91 Å². The number of benzene rings is 1. The smallest absolute Gasteiger partial charge is 0.275 e. The molecule has 0 saturated heterocycles. The molecule has 5 heteroatoms. The number of para-hydroxylation sites is 1. The molecule has 0 fully saturated rings. The van der Waals surface area contributed by atoms with Gasteiger partial charge in [0.1, 0.15) is 5.75 Å². The van der Waals surface area contributed by atoms with Crippen molar-refractivity contribution in [1.29, 1.82) is 0 Å². The van der Waals surface area contributed by atoms with Crippen LogP contribution in [0.4, 0.5) is 0 Å². The Morgan fingerprint density at radius 1 is 1.35 bits per heavy atom. The second-order valence-electron chi connectivity index (χ2n) is 3.27. The zero-order chi connectivity index (χ0) is 12.1. The third-order valence-electron chi connectivity index (χ3n) is 2.07. The third-order valence-corrected chi connectivity index (χ3v) is 2.77. The summed E-state index contributed by atoms with van der Waals surface area (Å²) in [6.45, 7) is 0. The summed E-state index contributed by atoms with van der Waals surface area (Å²) in [7, 11) is 0. The molecule has 1 aromatic carbocycles. The van der Waals surface area contributed by atoms with Crippen LogP contribution in [-0.2, 0) is 0 Å². The first-order valence-electron chi connectivity index (χ1n) is 4.91. The predicted octanol–water partition coefficient (Wildman–Crippen LogP) is 2.22. The van der Waals surface area contributed by atoms with Crippen molar-refractivity contribution in [2.75, 3.05) is 0 Å². The van der Waals surface area contributed by atoms with Crippen LogP contribution in [0.2, 0.25) is 0 Å². The molecule has 0 aliphatic heterocycles. The standard InChI is InChI=1S/C12H10N2O2S/c15-11-4-2-1-3-10(11)12(16)14-13-7-9-5-6-17-8-9/h1-8,15H,(H,14,16). The summed E-state index contributed by atoms with van der Waals surface area (Å²) in [6.07, 6.45) is 1.55. The van der Waals surface area contributed by atoms with Gasteiger partial charge < -0.3 is 5.11 Å². The van der Waals surface area contributed by atoms with Crippen molar-refractivity contribution >= 4 is 23.5 Å². The molecule has 1 aromatic heterocycles. The highest BCUT2D eigenvalue weighted by atomic mass is 32.1. The van der Waals surface area contributed by atoms with Gasteiger partial charge in [0.05, 0.1) is 11.8 Å². The van der Waals surface area contributed by atoms with E-state index in [1.807, 2.05) is 16.8 Å². The lowest BCUT2D eigenvalue weighted by Gasteiger charge is -2.01. The Morgan fingerprint density at radius 2 is 2.18 bits per heavy atom. The van der Waals surface area contributed by atoms with Crippen molar-refractivity contribution in [1.82, 2.24) is 5.43 Å². The van der Waals surface area contributed by atoms with E-state index in [9.17, 15) is 9.90 Å². The number of nitrogens with one attached hydrogen (secondary N) is 1. The molecule has 0 spiro atoms. The van der Waals surface area contributed by atoms with Crippen LogP contribution < -0.4 is 5.43 Å². The molecule has 2 N–H and O–H groups in total. The number of hydrogen-bond donors (Lipinski definition) is 2. The minimum absolute atomic E-state index is 0.0595. The van der Waals surface area contributed by atoms with Crippen LogP contribution in [0.15, 0.2) is 46.2 Å². The van der Waals surface area contributed by atoms with Crippen molar-refractivity contribution in [2.24, 2.45) is 5.10 Å². The predicted molar refractivity (Wildman–Crippen MR) is 67.5 cm³/mol. The molecule has 0 bridgehead atoms. The molecular formula is C12H10N2O2S. The summed E-state index contributed by atoms with van der Waals surface area (Å²) >= 11 is 1.55. The maximum atomic E-state index is 11.6. The largest absolute Gasteiger partial charge is 0.507 e. The SMILES string of the molecule is O=C(NN=Cc1ccsc1)c1ccccc1O. The number of rotatable bonds is 3. The summed E-state index contributed by atoms with van der Waals surface area (Å²) in [5, 5.41) is 17.1. The number of amides is 1. The number of hydrazone groups is 1. The number of aromatic hydroxyl groups is 1. The molecule has 0 aliphatic carbocycles. The molecule has 0 saturated carbocycles. The topological polar surface area (TPSA) is 61.7 Å². The molecule has 0 unspecified atom stereocenters. The van der Waals surface area contributed by atoms with E-state index < -0.39 is 5.91 Å². The van der Waals surface area contributed by atoms with Gasteiger partial charge in [-0.05, 0) is 29.0 Å². The molecule has 4 nitrogen and oxygen atoms in total. The fourth-order valence-corrected chi connectivity index (χ4v) is 1.85. The average molecular weight is 246 g/mol. The van der Waals surface area contributed by atoms with Crippen LogP contribution in [-0.4, -0.2) is 17.2 Å². The Labute approximate surface area is 102 Å². The lowest BCUT2D eigenvalue weighted by Crippen LogP contribution is -2.17. The Balaban J connectivity index is 2.01. The van der Waals surface area contributed by atoms with E-state index in [2.05, 4.69) is 10.5 Å². The number of hydrogen-bond acceptors (Lipinski definition) is 4. The van der Waals surface area contributed by atoms with Crippen LogP contribution in [0.25, 0.3) is 0 Å². The maximum absolute atomic E-state index is 11.6. The van der Waals surface area contributed by atoms with Crippen molar-refractivity contribution in [3.8, 4) is 5.75 Å². The number of thiophene rings is 1. The van der Waals surface area contributed by atoms with Gasteiger partial charge in [0.15, 0.2) is 0 Å². The quantitative estimate of drug-likeness (QED) is 0.644. The fourth-order valence-electron chi connectivity index (χ4n) is 1.24. The minimum atomic E-state index is -0.436. The molecule has 2 aromatic rings. The second-order valence-corrected chi connectivity index (χ2v) is 4.05. The Kier molecular flexibility index (Phi) is 3.52. The van der Waals surface area contributed by atoms with Gasteiger partial charge in [0.2, 0.25) is 0 Å². The van der Waals surface area contributed by atoms with Crippen molar-refractivity contribution in [3.05, 3.63) is 52.2 Å². The normalized spacial score (nSPS) is 10.6. The Morgan fingerprint density at radius 3 is 2.88 bits per heavy atom. The summed E-state index contributed by atoms with van der Waals surface area (Å²) < 4.78 is 0. The van der Waals surface area contributed by atoms with Crippen LogP contribution in [0.5, 0.6) is 5.75 Å². The Hall–Kier alpha value is -2.14. The highest BCUT2D eigenvalue weighted by molar-refractivity contribution is 7.08. The maximum Gasteiger partial charge on any atom is 0.275 e. The molecule has 0 aliphatic rings. The zero-order valence-electron chi connectivity index (χ0n) is 8.83. The summed E-state index contributed by atoms with van der Waals surface area (Å²) in [6, 6.07) is 8.21. The first-order chi connectivity index (χ1) is 8.27. The first-order valence-corrected chi connectivity index (χ1v) is 5.85. The van der Waals surface area contributed by atoms with E-state index in [0.717, 1.165) is 5.56 Å². The van der Waals surface area contributed by atoms with Crippen molar-refractivity contribution < 1.29 is 9.90 Å². The van der Waals surface area contributed by atoms with E-state index in [-0.39, 0.29) is 11.3 Å². The van der Waals surface area contributed by atoms with Gasteiger partial charge >= 0.3 is 0 Å². The van der Waals surface area contributed by atoms with Gasteiger partial charge in [-0.15, -0.1) is 0 Å². The van der Waals surface area contributed by atoms with Gasteiger partial charge in [0, 0.05) is 5.56 Å². The van der Waals surface area contributed by atoms with Gasteiger partial charge in [-0.1, -0.05) is 12.1 Å². The van der Waals surface area contributed by atoms with Crippen LogP contribution in [0.1, 0.15) is 15.9 Å². The number of nitrogens with zero attached hydrogens (tertiary/aromatic N) is 1. The van der Waals surface area contributed by atoms with Crippen LogP contribution in [0.3, 0.4) is 0 Å². The Bertz CT molecular complexity index is 535. The van der Waals surface area contributed by atoms with Gasteiger partial charge in [-0.2, -0.15) is 16.4 Å². The fraction of sp³-hybridized carbons (Fsp3) is 0. The van der Waals surface area contributed by atoms with Crippen molar-refractivity contribution in [3.63, 3.8) is 0 Å². The zero-order valence-corrected chi connectivity index (χ0v) is 9.65. The minimum Gasteiger partial charge on any atom is -0.507 e. The lowest BCUT2D eigenvalue weighted by molar-refractivity contribution is 0.0952. The van der Waals surface area contributed by atoms with Crippen LogP contribution in [0, 0.1) is 0 Å². The molecule has 1 heterocycles. The summed E-state index contributed by atoms with van der Waals surface area (Å²) in [5.74, 6) is -0.495. The van der Waals surface area contributed by atoms with E-state index in [1.54, 1.807) is 29.7 Å². The number of phenols is 1. The highest BCUT2D eigenvalue weighted by Crippen LogP contribution is 2.14. The summed E-state index contributed by atoms with van der Waals surface area (Å²) in [5.41, 5.74) is 3.48. The van der Waals surface area contributed by atoms with E-state index >= 15 is 0 Å². The first kappa shape index (κ1) is 11.3. The molecule has 2 rings (SSSR count). The highest BCUT2D eigenvalue weighted by Gasteiger charge is 2.08. The average Bonchev–Trinajstić information content (AvgIpc) is 2.82. The lowest BCUT2D eigenvalue weighted by atomic mass is 10.2. The summed E-state index contributed by atoms with van der Waals surface area (Å²) in [4.78, 5) is 11.6. The number of carbonyl (C=O) groups excluding carboxylic acids is 1. The third kappa shape index (κ3) is 2.92. The number of phenolic OH excluding ortho intramolecular Hbond substituents is 1. The van der Waals surface area contributed by atoms with E-state index in [4.69, 9.17) is 0 Å². The van der Waals surface area contributed by atoms with Gasteiger partial charge in [-0.3, -0.25) is 4.79 Å². The second kappa shape index (κ2) is 5.27. The molecule has 1 amide bonds. The monoisotopic (exact) mass is 246 g/mol. The molecule has 0 radical (unpaired) electrons. The molecule has 86 valence electrons. The van der Waals surface area contributed by atoms with Crippen molar-refractivity contribution in [2.45, 2.75) is 0 Å². The van der Waals surface area contributed by atoms with Crippen LogP contribution >= 0.6 is 11.3 Å². The molecule has 0 atom stereocenters. The number of carbonyl (C=O) groups is 1. The molecular weight excluding hydrogens is 236 g/mol. The van der Waals surface area contributed by atoms with Gasteiger partial charge in [-0.25, -0.2) is 5.43 Å². The molecule has 17 heavy (non-hydrogen) atoms. The van der Waals surface area contributed by atoms with E-state index in [0.29, 0.717) is 0 Å².